The Morgan fingerprint density at radius 1 is 1.04 bits per heavy atom. The van der Waals surface area contributed by atoms with Crippen molar-refractivity contribution in [3.05, 3.63) is 40.4 Å². The van der Waals surface area contributed by atoms with E-state index in [9.17, 15) is 4.79 Å². The third-order valence-corrected chi connectivity index (χ3v) is 3.85. The zero-order valence-corrected chi connectivity index (χ0v) is 14.7. The summed E-state index contributed by atoms with van der Waals surface area (Å²) in [6.45, 7) is 1.83. The standard InChI is InChI=1S/C17H19ClN2O4/c1-9-5-12(19)11(18)8-13(9)20-17(21)10-6-14(22-2)16(24-4)15(7-10)23-3/h5-8H,19H2,1-4H3,(H,20,21). The highest BCUT2D eigenvalue weighted by Gasteiger charge is 2.17. The fraction of sp³-hybridized carbons (Fsp3) is 0.235. The van der Waals surface area contributed by atoms with E-state index in [1.807, 2.05) is 6.92 Å². The van der Waals surface area contributed by atoms with Gasteiger partial charge in [0.15, 0.2) is 11.5 Å². The second-order valence-electron chi connectivity index (χ2n) is 5.06. The number of benzene rings is 2. The lowest BCUT2D eigenvalue weighted by atomic mass is 10.1. The Hall–Kier alpha value is -2.60. The van der Waals surface area contributed by atoms with Crippen LogP contribution < -0.4 is 25.3 Å². The molecule has 0 atom stereocenters. The first-order valence-corrected chi connectivity index (χ1v) is 7.46. The van der Waals surface area contributed by atoms with Crippen LogP contribution in [0.2, 0.25) is 5.02 Å². The van der Waals surface area contributed by atoms with Gasteiger partial charge < -0.3 is 25.3 Å². The number of ether oxygens (including phenoxy) is 3. The number of carbonyl (C=O) groups excluding carboxylic acids is 1. The van der Waals surface area contributed by atoms with E-state index in [0.717, 1.165) is 5.56 Å². The predicted molar refractivity (Wildman–Crippen MR) is 94.7 cm³/mol. The number of nitrogen functional groups attached to an aromatic ring is 1. The Morgan fingerprint density at radius 2 is 1.62 bits per heavy atom. The van der Waals surface area contributed by atoms with E-state index in [1.165, 1.54) is 21.3 Å². The van der Waals surface area contributed by atoms with Gasteiger partial charge in [0, 0.05) is 11.3 Å². The Kier molecular flexibility index (Phi) is 5.41. The minimum absolute atomic E-state index is 0.335. The molecule has 0 spiro atoms. The first-order chi connectivity index (χ1) is 11.4. The molecule has 0 heterocycles. The van der Waals surface area contributed by atoms with Crippen molar-refractivity contribution < 1.29 is 19.0 Å². The first-order valence-electron chi connectivity index (χ1n) is 7.08. The predicted octanol–water partition coefficient (Wildman–Crippen LogP) is 3.51. The van der Waals surface area contributed by atoms with Crippen molar-refractivity contribution in [3.63, 3.8) is 0 Å². The fourth-order valence-electron chi connectivity index (χ4n) is 2.25. The summed E-state index contributed by atoms with van der Waals surface area (Å²) >= 11 is 6.02. The molecule has 2 aromatic rings. The second kappa shape index (κ2) is 7.31. The number of anilines is 2. The Balaban J connectivity index is 2.38. The van der Waals surface area contributed by atoms with Crippen LogP contribution in [0.5, 0.6) is 17.2 Å². The molecule has 3 N–H and O–H groups in total. The lowest BCUT2D eigenvalue weighted by molar-refractivity contribution is 0.102. The number of aryl methyl sites for hydroxylation is 1. The van der Waals surface area contributed by atoms with E-state index in [-0.39, 0.29) is 5.91 Å². The number of halogens is 1. The van der Waals surface area contributed by atoms with E-state index in [0.29, 0.717) is 39.2 Å². The molecule has 0 saturated carbocycles. The van der Waals surface area contributed by atoms with Crippen molar-refractivity contribution in [1.82, 2.24) is 0 Å². The Morgan fingerprint density at radius 3 is 2.12 bits per heavy atom. The monoisotopic (exact) mass is 350 g/mol. The largest absolute Gasteiger partial charge is 0.493 e. The van der Waals surface area contributed by atoms with Crippen LogP contribution in [-0.2, 0) is 0 Å². The van der Waals surface area contributed by atoms with E-state index >= 15 is 0 Å². The zero-order chi connectivity index (χ0) is 17.9. The van der Waals surface area contributed by atoms with Crippen molar-refractivity contribution >= 4 is 28.9 Å². The van der Waals surface area contributed by atoms with Crippen molar-refractivity contribution in [2.24, 2.45) is 0 Å². The highest BCUT2D eigenvalue weighted by Crippen LogP contribution is 2.38. The molecule has 0 radical (unpaired) electrons. The van der Waals surface area contributed by atoms with Gasteiger partial charge >= 0.3 is 0 Å². The molecule has 0 saturated heterocycles. The molecule has 0 aliphatic rings. The molecule has 0 aromatic heterocycles. The summed E-state index contributed by atoms with van der Waals surface area (Å²) in [7, 11) is 4.48. The maximum Gasteiger partial charge on any atom is 0.255 e. The first kappa shape index (κ1) is 17.7. The summed E-state index contributed by atoms with van der Waals surface area (Å²) in [5.41, 5.74) is 7.94. The number of carbonyl (C=O) groups is 1. The topological polar surface area (TPSA) is 82.8 Å². The maximum absolute atomic E-state index is 12.6. The van der Waals surface area contributed by atoms with Gasteiger partial charge in [0.25, 0.3) is 5.91 Å². The molecule has 0 aliphatic carbocycles. The molecule has 0 aliphatic heterocycles. The highest BCUT2D eigenvalue weighted by molar-refractivity contribution is 6.33. The quantitative estimate of drug-likeness (QED) is 0.806. The van der Waals surface area contributed by atoms with Crippen LogP contribution >= 0.6 is 11.6 Å². The van der Waals surface area contributed by atoms with Crippen LogP contribution in [-0.4, -0.2) is 27.2 Å². The van der Waals surface area contributed by atoms with E-state index in [2.05, 4.69) is 5.32 Å². The van der Waals surface area contributed by atoms with Gasteiger partial charge in [-0.2, -0.15) is 0 Å². The van der Waals surface area contributed by atoms with Gasteiger partial charge in [0.2, 0.25) is 5.75 Å². The molecule has 2 aromatic carbocycles. The molecule has 24 heavy (non-hydrogen) atoms. The van der Waals surface area contributed by atoms with Gasteiger partial charge in [-0.1, -0.05) is 11.6 Å². The number of hydrogen-bond acceptors (Lipinski definition) is 5. The molecular weight excluding hydrogens is 332 g/mol. The average Bonchev–Trinajstić information content (AvgIpc) is 2.57. The van der Waals surface area contributed by atoms with Gasteiger partial charge in [-0.25, -0.2) is 0 Å². The molecule has 0 bridgehead atoms. The molecule has 6 nitrogen and oxygen atoms in total. The smallest absolute Gasteiger partial charge is 0.255 e. The lowest BCUT2D eigenvalue weighted by Gasteiger charge is -2.15. The van der Waals surface area contributed by atoms with Crippen molar-refractivity contribution in [3.8, 4) is 17.2 Å². The second-order valence-corrected chi connectivity index (χ2v) is 5.46. The lowest BCUT2D eigenvalue weighted by Crippen LogP contribution is -2.13. The van der Waals surface area contributed by atoms with Crippen molar-refractivity contribution in [2.45, 2.75) is 6.92 Å². The fourth-order valence-corrected chi connectivity index (χ4v) is 2.41. The number of rotatable bonds is 5. The number of nitrogens with two attached hydrogens (primary N) is 1. The van der Waals surface area contributed by atoms with Crippen LogP contribution in [0.1, 0.15) is 15.9 Å². The zero-order valence-electron chi connectivity index (χ0n) is 13.9. The van der Waals surface area contributed by atoms with Crippen molar-refractivity contribution in [1.29, 1.82) is 0 Å². The SMILES string of the molecule is COc1cc(C(=O)Nc2cc(Cl)c(N)cc2C)cc(OC)c1OC. The number of nitrogens with one attached hydrogen (secondary N) is 1. The minimum Gasteiger partial charge on any atom is -0.493 e. The summed E-state index contributed by atoms with van der Waals surface area (Å²) in [4.78, 5) is 12.6. The van der Waals surface area contributed by atoms with Crippen LogP contribution in [0.15, 0.2) is 24.3 Å². The molecule has 1 amide bonds. The van der Waals surface area contributed by atoms with Gasteiger partial charge in [-0.3, -0.25) is 4.79 Å². The summed E-state index contributed by atoms with van der Waals surface area (Å²) in [6, 6.07) is 6.46. The van der Waals surface area contributed by atoms with Gasteiger partial charge in [-0.05, 0) is 36.8 Å². The van der Waals surface area contributed by atoms with Crippen molar-refractivity contribution in [2.75, 3.05) is 32.4 Å². The number of amides is 1. The maximum atomic E-state index is 12.6. The third kappa shape index (κ3) is 3.49. The summed E-state index contributed by atoms with van der Waals surface area (Å²) in [6.07, 6.45) is 0. The molecule has 0 unspecified atom stereocenters. The van der Waals surface area contributed by atoms with Crippen LogP contribution in [0.4, 0.5) is 11.4 Å². The normalized spacial score (nSPS) is 10.2. The summed E-state index contributed by atoms with van der Waals surface area (Å²) in [5.74, 6) is 0.879. The number of methoxy groups -OCH3 is 3. The van der Waals surface area contributed by atoms with Crippen LogP contribution in [0.25, 0.3) is 0 Å². The summed E-state index contributed by atoms with van der Waals surface area (Å²) < 4.78 is 15.8. The molecule has 0 fully saturated rings. The van der Waals surface area contributed by atoms with Gasteiger partial charge in [0.1, 0.15) is 0 Å². The molecule has 2 rings (SSSR count). The molecule has 7 heteroatoms. The molecular formula is C17H19ClN2O4. The van der Waals surface area contributed by atoms with E-state index in [1.54, 1.807) is 24.3 Å². The van der Waals surface area contributed by atoms with Crippen LogP contribution in [0.3, 0.4) is 0 Å². The average molecular weight is 351 g/mol. The van der Waals surface area contributed by atoms with Crippen LogP contribution in [0, 0.1) is 6.92 Å². The Labute approximate surface area is 145 Å². The van der Waals surface area contributed by atoms with Gasteiger partial charge in [0.05, 0.1) is 32.0 Å². The number of hydrogen-bond donors (Lipinski definition) is 2. The molecule has 128 valence electrons. The van der Waals surface area contributed by atoms with E-state index < -0.39 is 0 Å². The minimum atomic E-state index is -0.335. The Bertz CT molecular complexity index is 752. The summed E-state index contributed by atoms with van der Waals surface area (Å²) in [5, 5.41) is 3.18. The van der Waals surface area contributed by atoms with Gasteiger partial charge in [-0.15, -0.1) is 0 Å². The third-order valence-electron chi connectivity index (χ3n) is 3.52. The van der Waals surface area contributed by atoms with E-state index in [4.69, 9.17) is 31.5 Å². The highest BCUT2D eigenvalue weighted by atomic mass is 35.5.